The first-order valence-electron chi connectivity index (χ1n) is 7.62. The van der Waals surface area contributed by atoms with Gasteiger partial charge in [0, 0.05) is 11.8 Å². The van der Waals surface area contributed by atoms with Crippen LogP contribution in [0.25, 0.3) is 0 Å². The molecule has 112 valence electrons. The highest BCUT2D eigenvalue weighted by molar-refractivity contribution is 5.87. The van der Waals surface area contributed by atoms with Crippen LogP contribution in [0, 0.1) is 16.7 Å². The lowest BCUT2D eigenvalue weighted by atomic mass is 9.75. The van der Waals surface area contributed by atoms with Crippen molar-refractivity contribution in [1.82, 2.24) is 0 Å². The first-order chi connectivity index (χ1) is 9.23. The van der Waals surface area contributed by atoms with Crippen LogP contribution < -0.4 is 0 Å². The number of carbonyl (C=O) groups is 2. The van der Waals surface area contributed by atoms with Gasteiger partial charge in [-0.05, 0) is 57.9 Å². The second-order valence-corrected chi connectivity index (χ2v) is 7.50. The van der Waals surface area contributed by atoms with E-state index in [0.717, 1.165) is 32.1 Å². The minimum Gasteiger partial charge on any atom is -0.461 e. The molecule has 0 unspecified atom stereocenters. The minimum atomic E-state index is -0.455. The SMILES string of the molecule is CC(C)(C)C(=O)OCC1=CC[C@@H]2CCC(=O)[C@]2(C)CC1. The van der Waals surface area contributed by atoms with Crippen molar-refractivity contribution in [2.24, 2.45) is 16.7 Å². The van der Waals surface area contributed by atoms with Crippen molar-refractivity contribution in [2.75, 3.05) is 6.61 Å². The lowest BCUT2D eigenvalue weighted by molar-refractivity contribution is -0.152. The number of allylic oxidation sites excluding steroid dienone is 1. The van der Waals surface area contributed by atoms with Gasteiger partial charge in [-0.25, -0.2) is 0 Å². The zero-order valence-electron chi connectivity index (χ0n) is 13.1. The fourth-order valence-electron chi connectivity index (χ4n) is 3.20. The Labute approximate surface area is 121 Å². The Balaban J connectivity index is 1.95. The predicted molar refractivity (Wildman–Crippen MR) is 78.2 cm³/mol. The fraction of sp³-hybridized carbons (Fsp3) is 0.765. The van der Waals surface area contributed by atoms with E-state index in [4.69, 9.17) is 4.74 Å². The Morgan fingerprint density at radius 2 is 2.10 bits per heavy atom. The molecule has 2 aliphatic rings. The van der Waals surface area contributed by atoms with E-state index in [0.29, 0.717) is 18.3 Å². The summed E-state index contributed by atoms with van der Waals surface area (Å²) in [5, 5.41) is 0. The van der Waals surface area contributed by atoms with Crippen LogP contribution in [0.15, 0.2) is 11.6 Å². The largest absolute Gasteiger partial charge is 0.461 e. The molecule has 0 amide bonds. The van der Waals surface area contributed by atoms with Gasteiger partial charge in [-0.1, -0.05) is 13.0 Å². The lowest BCUT2D eigenvalue weighted by Gasteiger charge is -2.27. The molecular formula is C17H26O3. The number of ketones is 1. The van der Waals surface area contributed by atoms with E-state index in [-0.39, 0.29) is 11.4 Å². The van der Waals surface area contributed by atoms with Crippen LogP contribution in [0.3, 0.4) is 0 Å². The highest BCUT2D eigenvalue weighted by Crippen LogP contribution is 2.48. The third kappa shape index (κ3) is 2.97. The second-order valence-electron chi connectivity index (χ2n) is 7.50. The van der Waals surface area contributed by atoms with Gasteiger partial charge in [-0.3, -0.25) is 9.59 Å². The molecule has 0 aromatic carbocycles. The third-order valence-electron chi connectivity index (χ3n) is 4.92. The number of carbonyl (C=O) groups excluding carboxylic acids is 2. The van der Waals surface area contributed by atoms with Crippen LogP contribution in [-0.4, -0.2) is 18.4 Å². The van der Waals surface area contributed by atoms with E-state index in [9.17, 15) is 9.59 Å². The molecule has 0 aromatic rings. The van der Waals surface area contributed by atoms with Gasteiger partial charge < -0.3 is 4.74 Å². The van der Waals surface area contributed by atoms with Gasteiger partial charge in [-0.2, -0.15) is 0 Å². The number of esters is 1. The van der Waals surface area contributed by atoms with Gasteiger partial charge in [0.25, 0.3) is 0 Å². The van der Waals surface area contributed by atoms with Crippen LogP contribution in [0.1, 0.15) is 59.8 Å². The minimum absolute atomic E-state index is 0.147. The molecule has 2 rings (SSSR count). The molecule has 0 heterocycles. The summed E-state index contributed by atoms with van der Waals surface area (Å²) >= 11 is 0. The molecule has 2 atom stereocenters. The van der Waals surface area contributed by atoms with Crippen molar-refractivity contribution in [3.63, 3.8) is 0 Å². The van der Waals surface area contributed by atoms with Crippen LogP contribution in [-0.2, 0) is 14.3 Å². The zero-order valence-corrected chi connectivity index (χ0v) is 13.1. The number of Topliss-reactive ketones (excluding diaryl/α,β-unsaturated/α-hetero) is 1. The smallest absolute Gasteiger partial charge is 0.311 e. The molecule has 0 bridgehead atoms. The summed E-state index contributed by atoms with van der Waals surface area (Å²) in [6.07, 6.45) is 6.67. The van der Waals surface area contributed by atoms with Crippen LogP contribution in [0.2, 0.25) is 0 Å². The van der Waals surface area contributed by atoms with E-state index in [1.165, 1.54) is 5.57 Å². The third-order valence-corrected chi connectivity index (χ3v) is 4.92. The van der Waals surface area contributed by atoms with E-state index >= 15 is 0 Å². The summed E-state index contributed by atoms with van der Waals surface area (Å²) in [5.74, 6) is 0.736. The monoisotopic (exact) mass is 278 g/mol. The summed E-state index contributed by atoms with van der Waals surface area (Å²) in [6.45, 7) is 8.08. The van der Waals surface area contributed by atoms with Gasteiger partial charge in [0.1, 0.15) is 12.4 Å². The van der Waals surface area contributed by atoms with Gasteiger partial charge in [0.15, 0.2) is 0 Å². The maximum atomic E-state index is 12.1. The van der Waals surface area contributed by atoms with E-state index in [1.807, 2.05) is 20.8 Å². The topological polar surface area (TPSA) is 43.4 Å². The molecule has 1 saturated carbocycles. The molecule has 1 fully saturated rings. The average molecular weight is 278 g/mol. The van der Waals surface area contributed by atoms with Crippen LogP contribution in [0.4, 0.5) is 0 Å². The number of fused-ring (bicyclic) bond motifs is 1. The number of ether oxygens (including phenoxy) is 1. The van der Waals surface area contributed by atoms with E-state index in [2.05, 4.69) is 13.0 Å². The standard InChI is InChI=1S/C17H26O3/c1-16(2,3)15(19)20-11-12-5-6-13-7-8-14(18)17(13,4)10-9-12/h5,13H,6-11H2,1-4H3/t13-,17-/m1/s1. The van der Waals surface area contributed by atoms with Crippen LogP contribution >= 0.6 is 0 Å². The lowest BCUT2D eigenvalue weighted by Crippen LogP contribution is -2.28. The average Bonchev–Trinajstić information content (AvgIpc) is 2.55. The summed E-state index contributed by atoms with van der Waals surface area (Å²) in [5.41, 5.74) is 0.571. The molecule has 2 aliphatic carbocycles. The molecule has 3 nitrogen and oxygen atoms in total. The van der Waals surface area contributed by atoms with Crippen molar-refractivity contribution in [3.05, 3.63) is 11.6 Å². The maximum absolute atomic E-state index is 12.1. The predicted octanol–water partition coefficient (Wildman–Crippen LogP) is 3.67. The first-order valence-corrected chi connectivity index (χ1v) is 7.62. The molecule has 0 radical (unpaired) electrons. The summed E-state index contributed by atoms with van der Waals surface area (Å²) in [4.78, 5) is 23.9. The van der Waals surface area contributed by atoms with Crippen LogP contribution in [0.5, 0.6) is 0 Å². The van der Waals surface area contributed by atoms with Gasteiger partial charge in [0.2, 0.25) is 0 Å². The Kier molecular flexibility index (Phi) is 4.08. The Bertz CT molecular complexity index is 442. The molecule has 0 aliphatic heterocycles. The van der Waals surface area contributed by atoms with Crippen molar-refractivity contribution < 1.29 is 14.3 Å². The number of rotatable bonds is 2. The van der Waals surface area contributed by atoms with Crippen molar-refractivity contribution in [2.45, 2.75) is 59.8 Å². The molecule has 3 heteroatoms. The van der Waals surface area contributed by atoms with Gasteiger partial charge in [0.05, 0.1) is 5.41 Å². The van der Waals surface area contributed by atoms with E-state index in [1.54, 1.807) is 0 Å². The van der Waals surface area contributed by atoms with Crippen molar-refractivity contribution in [1.29, 1.82) is 0 Å². The first kappa shape index (κ1) is 15.3. The van der Waals surface area contributed by atoms with Crippen molar-refractivity contribution >= 4 is 11.8 Å². The molecular weight excluding hydrogens is 252 g/mol. The highest BCUT2D eigenvalue weighted by Gasteiger charge is 2.45. The molecule has 0 spiro atoms. The normalized spacial score (nSPS) is 30.5. The number of hydrogen-bond donors (Lipinski definition) is 0. The van der Waals surface area contributed by atoms with E-state index < -0.39 is 5.41 Å². The van der Waals surface area contributed by atoms with Crippen molar-refractivity contribution in [3.8, 4) is 0 Å². The number of hydrogen-bond acceptors (Lipinski definition) is 3. The Morgan fingerprint density at radius 1 is 1.40 bits per heavy atom. The summed E-state index contributed by atoms with van der Waals surface area (Å²) < 4.78 is 5.39. The molecule has 0 aromatic heterocycles. The maximum Gasteiger partial charge on any atom is 0.311 e. The molecule has 0 N–H and O–H groups in total. The molecule has 20 heavy (non-hydrogen) atoms. The quantitative estimate of drug-likeness (QED) is 0.572. The van der Waals surface area contributed by atoms with Gasteiger partial charge in [-0.15, -0.1) is 0 Å². The molecule has 0 saturated heterocycles. The Hall–Kier alpha value is -1.12. The van der Waals surface area contributed by atoms with Gasteiger partial charge >= 0.3 is 5.97 Å². The zero-order chi connectivity index (χ0) is 15.0. The summed E-state index contributed by atoms with van der Waals surface area (Å²) in [7, 11) is 0. The summed E-state index contributed by atoms with van der Waals surface area (Å²) in [6, 6.07) is 0. The second kappa shape index (κ2) is 5.34. The Morgan fingerprint density at radius 3 is 2.75 bits per heavy atom. The fourth-order valence-corrected chi connectivity index (χ4v) is 3.20. The highest BCUT2D eigenvalue weighted by atomic mass is 16.5.